The summed E-state index contributed by atoms with van der Waals surface area (Å²) in [6, 6.07) is 2.59. The van der Waals surface area contributed by atoms with Gasteiger partial charge in [-0.3, -0.25) is 14.9 Å². The van der Waals surface area contributed by atoms with Gasteiger partial charge in [0.1, 0.15) is 0 Å². The Bertz CT molecular complexity index is 656. The number of hydrogen-bond acceptors (Lipinski definition) is 4. The summed E-state index contributed by atoms with van der Waals surface area (Å²) >= 11 is 3.19. The number of urea groups is 1. The number of carboxylic acids is 1. The van der Waals surface area contributed by atoms with Crippen LogP contribution in [0.5, 0.6) is 0 Å². The number of nitro benzene ring substituents is 1. The zero-order chi connectivity index (χ0) is 17.1. The Morgan fingerprint density at radius 1 is 1.39 bits per heavy atom. The molecule has 0 aliphatic carbocycles. The van der Waals surface area contributed by atoms with Gasteiger partial charge in [-0.25, -0.2) is 4.79 Å². The Labute approximate surface area is 140 Å². The number of carbonyl (C=O) groups is 2. The van der Waals surface area contributed by atoms with E-state index in [4.69, 9.17) is 5.11 Å². The summed E-state index contributed by atoms with van der Waals surface area (Å²) in [7, 11) is 0. The Morgan fingerprint density at radius 2 is 2.00 bits per heavy atom. The van der Waals surface area contributed by atoms with E-state index in [-0.39, 0.29) is 11.7 Å². The maximum Gasteiger partial charge on any atom is 0.321 e. The SMILES string of the molecule is Cc1c(NC(=O)N2CCC(C(=O)O)CC2)cc(Br)cc1[N+](=O)[O-]. The van der Waals surface area contributed by atoms with Crippen LogP contribution in [0, 0.1) is 23.0 Å². The standard InChI is InChI=1S/C14H16BrN3O5/c1-8-11(6-10(15)7-12(8)18(22)23)16-14(21)17-4-2-9(3-5-17)13(19)20/h6-7,9H,2-5H2,1H3,(H,16,21)(H,19,20). The van der Waals surface area contributed by atoms with Crippen LogP contribution < -0.4 is 5.32 Å². The van der Waals surface area contributed by atoms with Gasteiger partial charge in [0.25, 0.3) is 5.69 Å². The van der Waals surface area contributed by atoms with Crippen LogP contribution in [0.4, 0.5) is 16.2 Å². The molecule has 0 aromatic heterocycles. The molecule has 1 aliphatic rings. The fourth-order valence-electron chi connectivity index (χ4n) is 2.51. The van der Waals surface area contributed by atoms with Crippen molar-refractivity contribution < 1.29 is 19.6 Å². The molecule has 0 radical (unpaired) electrons. The van der Waals surface area contributed by atoms with Crippen LogP contribution in [0.25, 0.3) is 0 Å². The fraction of sp³-hybridized carbons (Fsp3) is 0.429. The number of anilines is 1. The zero-order valence-electron chi connectivity index (χ0n) is 12.4. The van der Waals surface area contributed by atoms with Crippen LogP contribution in [-0.2, 0) is 4.79 Å². The third-order valence-corrected chi connectivity index (χ3v) is 4.37. The molecule has 1 aromatic carbocycles. The highest BCUT2D eigenvalue weighted by molar-refractivity contribution is 9.10. The van der Waals surface area contributed by atoms with Gasteiger partial charge in [0, 0.05) is 23.6 Å². The lowest BCUT2D eigenvalue weighted by atomic mass is 9.97. The lowest BCUT2D eigenvalue weighted by Crippen LogP contribution is -2.42. The molecule has 9 heteroatoms. The summed E-state index contributed by atoms with van der Waals surface area (Å²) in [5.74, 6) is -1.27. The summed E-state index contributed by atoms with van der Waals surface area (Å²) in [6.45, 7) is 2.26. The third-order valence-electron chi connectivity index (χ3n) is 3.91. The number of nitrogens with one attached hydrogen (secondary N) is 1. The molecule has 0 atom stereocenters. The molecule has 0 unspecified atom stereocenters. The van der Waals surface area contributed by atoms with Crippen LogP contribution in [-0.4, -0.2) is 40.0 Å². The van der Waals surface area contributed by atoms with E-state index >= 15 is 0 Å². The summed E-state index contributed by atoms with van der Waals surface area (Å²) in [4.78, 5) is 35.2. The quantitative estimate of drug-likeness (QED) is 0.613. The number of likely N-dealkylation sites (tertiary alicyclic amines) is 1. The van der Waals surface area contributed by atoms with Crippen LogP contribution in [0.2, 0.25) is 0 Å². The van der Waals surface area contributed by atoms with E-state index in [1.807, 2.05) is 0 Å². The average molecular weight is 386 g/mol. The minimum absolute atomic E-state index is 0.0840. The summed E-state index contributed by atoms with van der Waals surface area (Å²) < 4.78 is 0.495. The van der Waals surface area contributed by atoms with Crippen molar-refractivity contribution in [2.45, 2.75) is 19.8 Å². The number of aliphatic carboxylic acids is 1. The number of nitro groups is 1. The van der Waals surface area contributed by atoms with Gasteiger partial charge < -0.3 is 15.3 Å². The Kier molecular flexibility index (Phi) is 5.19. The summed E-state index contributed by atoms with van der Waals surface area (Å²) in [5.41, 5.74) is 0.641. The average Bonchev–Trinajstić information content (AvgIpc) is 2.50. The van der Waals surface area contributed by atoms with Crippen molar-refractivity contribution in [3.63, 3.8) is 0 Å². The monoisotopic (exact) mass is 385 g/mol. The number of hydrogen-bond donors (Lipinski definition) is 2. The maximum atomic E-state index is 12.3. The Hall–Kier alpha value is -2.16. The first kappa shape index (κ1) is 17.2. The normalized spacial score (nSPS) is 15.3. The first-order valence-electron chi connectivity index (χ1n) is 7.03. The second kappa shape index (κ2) is 6.95. The molecule has 1 saturated heterocycles. The highest BCUT2D eigenvalue weighted by Crippen LogP contribution is 2.30. The summed E-state index contributed by atoms with van der Waals surface area (Å²) in [5, 5.41) is 22.6. The van der Waals surface area contributed by atoms with Crippen molar-refractivity contribution in [2.75, 3.05) is 18.4 Å². The molecule has 2 amide bonds. The predicted molar refractivity (Wildman–Crippen MR) is 86.5 cm³/mol. The molecule has 1 heterocycles. The zero-order valence-corrected chi connectivity index (χ0v) is 14.0. The molecule has 23 heavy (non-hydrogen) atoms. The van der Waals surface area contributed by atoms with Crippen LogP contribution in [0.3, 0.4) is 0 Å². The fourth-order valence-corrected chi connectivity index (χ4v) is 2.95. The van der Waals surface area contributed by atoms with E-state index in [1.165, 1.54) is 11.0 Å². The minimum atomic E-state index is -0.844. The van der Waals surface area contributed by atoms with Crippen LogP contribution >= 0.6 is 15.9 Å². The third kappa shape index (κ3) is 3.98. The molecular formula is C14H16BrN3O5. The second-order valence-electron chi connectivity index (χ2n) is 5.38. The maximum absolute atomic E-state index is 12.3. The van der Waals surface area contributed by atoms with Crippen molar-refractivity contribution >= 4 is 39.3 Å². The van der Waals surface area contributed by atoms with Crippen molar-refractivity contribution in [1.82, 2.24) is 4.90 Å². The van der Waals surface area contributed by atoms with Crippen molar-refractivity contribution in [3.8, 4) is 0 Å². The smallest absolute Gasteiger partial charge is 0.321 e. The van der Waals surface area contributed by atoms with Gasteiger partial charge in [-0.15, -0.1) is 0 Å². The number of carboxylic acid groups (broad SMARTS) is 1. The number of amides is 2. The highest BCUT2D eigenvalue weighted by Gasteiger charge is 2.27. The lowest BCUT2D eigenvalue weighted by molar-refractivity contribution is -0.385. The van der Waals surface area contributed by atoms with Crippen molar-refractivity contribution in [1.29, 1.82) is 0 Å². The first-order valence-corrected chi connectivity index (χ1v) is 7.82. The van der Waals surface area contributed by atoms with Gasteiger partial charge in [-0.05, 0) is 25.8 Å². The molecule has 1 aliphatic heterocycles. The number of halogens is 1. The molecule has 1 fully saturated rings. The molecule has 1 aromatic rings. The predicted octanol–water partition coefficient (Wildman–Crippen LogP) is 2.99. The number of piperidine rings is 1. The minimum Gasteiger partial charge on any atom is -0.481 e. The molecule has 0 spiro atoms. The number of carbonyl (C=O) groups excluding carboxylic acids is 1. The first-order chi connectivity index (χ1) is 10.8. The van der Waals surface area contributed by atoms with E-state index in [2.05, 4.69) is 21.2 Å². The van der Waals surface area contributed by atoms with Crippen molar-refractivity contribution in [2.24, 2.45) is 5.92 Å². The van der Waals surface area contributed by atoms with Crippen LogP contribution in [0.1, 0.15) is 18.4 Å². The van der Waals surface area contributed by atoms with Crippen molar-refractivity contribution in [3.05, 3.63) is 32.3 Å². The van der Waals surface area contributed by atoms with E-state index < -0.39 is 16.8 Å². The molecular weight excluding hydrogens is 370 g/mol. The number of rotatable bonds is 3. The molecule has 2 N–H and O–H groups in total. The number of benzene rings is 1. The molecule has 0 bridgehead atoms. The largest absolute Gasteiger partial charge is 0.481 e. The van der Waals surface area contributed by atoms with Gasteiger partial charge in [0.2, 0.25) is 0 Å². The second-order valence-corrected chi connectivity index (χ2v) is 6.30. The Morgan fingerprint density at radius 3 is 2.52 bits per heavy atom. The van der Waals surface area contributed by atoms with Gasteiger partial charge in [-0.2, -0.15) is 0 Å². The lowest BCUT2D eigenvalue weighted by Gasteiger charge is -2.30. The summed E-state index contributed by atoms with van der Waals surface area (Å²) in [6.07, 6.45) is 0.806. The van der Waals surface area contributed by atoms with Crippen LogP contribution in [0.15, 0.2) is 16.6 Å². The van der Waals surface area contributed by atoms with E-state index in [0.29, 0.717) is 41.7 Å². The van der Waals surface area contributed by atoms with E-state index in [0.717, 1.165) is 0 Å². The van der Waals surface area contributed by atoms with Gasteiger partial charge >= 0.3 is 12.0 Å². The molecule has 8 nitrogen and oxygen atoms in total. The number of nitrogens with zero attached hydrogens (tertiary/aromatic N) is 2. The van der Waals surface area contributed by atoms with Gasteiger partial charge in [0.05, 0.1) is 22.1 Å². The molecule has 124 valence electrons. The van der Waals surface area contributed by atoms with Gasteiger partial charge in [0.15, 0.2) is 0 Å². The molecule has 2 rings (SSSR count). The van der Waals surface area contributed by atoms with E-state index in [9.17, 15) is 19.7 Å². The van der Waals surface area contributed by atoms with Gasteiger partial charge in [-0.1, -0.05) is 15.9 Å². The molecule has 0 saturated carbocycles. The highest BCUT2D eigenvalue weighted by atomic mass is 79.9. The topological polar surface area (TPSA) is 113 Å². The Balaban J connectivity index is 2.09. The van der Waals surface area contributed by atoms with E-state index in [1.54, 1.807) is 13.0 Å².